The fourth-order valence-electron chi connectivity index (χ4n) is 5.70. The number of imide groups is 1. The predicted octanol–water partition coefficient (Wildman–Crippen LogP) is 1.70. The van der Waals surface area contributed by atoms with E-state index in [0.717, 1.165) is 38.4 Å². The molecule has 8 heteroatoms. The van der Waals surface area contributed by atoms with Gasteiger partial charge in [-0.05, 0) is 56.5 Å². The number of fused-ring (bicyclic) bond motifs is 5. The maximum atomic E-state index is 12.7. The van der Waals surface area contributed by atoms with Crippen molar-refractivity contribution in [3.05, 3.63) is 12.2 Å². The van der Waals surface area contributed by atoms with Crippen molar-refractivity contribution in [2.75, 3.05) is 46.3 Å². The van der Waals surface area contributed by atoms with Gasteiger partial charge in [-0.25, -0.2) is 0 Å². The number of allylic oxidation sites excluding steroid dienone is 2. The van der Waals surface area contributed by atoms with Crippen LogP contribution in [0.5, 0.6) is 0 Å². The van der Waals surface area contributed by atoms with Crippen LogP contribution in [0.15, 0.2) is 17.1 Å². The van der Waals surface area contributed by atoms with E-state index >= 15 is 0 Å². The molecule has 4 aliphatic rings. The van der Waals surface area contributed by atoms with Crippen LogP contribution in [0.3, 0.4) is 0 Å². The van der Waals surface area contributed by atoms with Gasteiger partial charge in [0.05, 0.1) is 11.8 Å². The molecule has 5 unspecified atom stereocenters. The van der Waals surface area contributed by atoms with E-state index in [1.54, 1.807) is 7.05 Å². The smallest absolute Gasteiger partial charge is 0.233 e. The monoisotopic (exact) mass is 529 g/mol. The summed E-state index contributed by atoms with van der Waals surface area (Å²) >= 11 is 0. The summed E-state index contributed by atoms with van der Waals surface area (Å²) < 4.78 is 0. The molecule has 2 aliphatic carbocycles. The van der Waals surface area contributed by atoms with Gasteiger partial charge in [0.2, 0.25) is 11.8 Å². The molecular weight excluding hydrogens is 493 g/mol. The molecule has 1 saturated carbocycles. The SMILES string of the molecule is CCN1CCCC(CNC(=NC)NCCCN2C(=O)C3C4C=CC(C4)C3C2=O)C1.I. The second kappa shape index (κ2) is 10.4. The normalized spacial score (nSPS) is 33.1. The number of nitrogens with zero attached hydrogens (tertiary/aromatic N) is 3. The number of carbonyl (C=O) groups is 2. The van der Waals surface area contributed by atoms with E-state index < -0.39 is 0 Å². The van der Waals surface area contributed by atoms with Crippen molar-refractivity contribution in [1.29, 1.82) is 0 Å². The number of nitrogens with one attached hydrogen (secondary N) is 2. The minimum Gasteiger partial charge on any atom is -0.356 e. The van der Waals surface area contributed by atoms with Gasteiger partial charge >= 0.3 is 0 Å². The molecule has 0 spiro atoms. The first-order valence-electron chi connectivity index (χ1n) is 11.3. The van der Waals surface area contributed by atoms with Gasteiger partial charge < -0.3 is 15.5 Å². The van der Waals surface area contributed by atoms with E-state index in [4.69, 9.17) is 0 Å². The van der Waals surface area contributed by atoms with Crippen molar-refractivity contribution in [2.45, 2.75) is 32.6 Å². The molecule has 5 atom stereocenters. The molecule has 168 valence electrons. The number of likely N-dealkylation sites (tertiary alicyclic amines) is 2. The van der Waals surface area contributed by atoms with E-state index in [9.17, 15) is 9.59 Å². The highest BCUT2D eigenvalue weighted by Crippen LogP contribution is 2.52. The molecule has 2 saturated heterocycles. The first-order valence-corrected chi connectivity index (χ1v) is 11.3. The predicted molar refractivity (Wildman–Crippen MR) is 129 cm³/mol. The Morgan fingerprint density at radius 2 is 1.87 bits per heavy atom. The Morgan fingerprint density at radius 1 is 1.17 bits per heavy atom. The van der Waals surface area contributed by atoms with Crippen LogP contribution < -0.4 is 10.6 Å². The maximum absolute atomic E-state index is 12.7. The summed E-state index contributed by atoms with van der Waals surface area (Å²) in [4.78, 5) is 33.8. The molecule has 0 aromatic rings. The summed E-state index contributed by atoms with van der Waals surface area (Å²) in [5.41, 5.74) is 0. The number of hydrogen-bond acceptors (Lipinski definition) is 4. The molecule has 2 bridgehead atoms. The highest BCUT2D eigenvalue weighted by atomic mass is 127. The van der Waals surface area contributed by atoms with Crippen molar-refractivity contribution < 1.29 is 9.59 Å². The van der Waals surface area contributed by atoms with Gasteiger partial charge in [0.15, 0.2) is 5.96 Å². The number of aliphatic imine (C=N–C) groups is 1. The van der Waals surface area contributed by atoms with Crippen molar-refractivity contribution in [1.82, 2.24) is 20.4 Å². The van der Waals surface area contributed by atoms with Gasteiger partial charge in [-0.2, -0.15) is 0 Å². The average Bonchev–Trinajstić information content (AvgIpc) is 3.42. The summed E-state index contributed by atoms with van der Waals surface area (Å²) in [6, 6.07) is 0. The maximum Gasteiger partial charge on any atom is 0.233 e. The Labute approximate surface area is 197 Å². The molecule has 2 N–H and O–H groups in total. The Balaban J connectivity index is 0.00000256. The van der Waals surface area contributed by atoms with Gasteiger partial charge in [-0.1, -0.05) is 19.1 Å². The van der Waals surface area contributed by atoms with Crippen LogP contribution in [0.2, 0.25) is 0 Å². The molecule has 4 rings (SSSR count). The fourth-order valence-corrected chi connectivity index (χ4v) is 5.70. The molecule has 0 aromatic carbocycles. The molecule has 30 heavy (non-hydrogen) atoms. The minimum absolute atomic E-state index is 0. The first-order chi connectivity index (χ1) is 14.1. The summed E-state index contributed by atoms with van der Waals surface area (Å²) in [5, 5.41) is 6.77. The third kappa shape index (κ3) is 4.69. The number of guanidine groups is 1. The lowest BCUT2D eigenvalue weighted by Gasteiger charge is -2.32. The zero-order valence-electron chi connectivity index (χ0n) is 18.2. The third-order valence-electron chi connectivity index (χ3n) is 7.24. The molecule has 3 fully saturated rings. The van der Waals surface area contributed by atoms with Crippen LogP contribution in [0.1, 0.15) is 32.6 Å². The van der Waals surface area contributed by atoms with Gasteiger partial charge in [0.25, 0.3) is 0 Å². The summed E-state index contributed by atoms with van der Waals surface area (Å²) in [5.74, 6) is 1.97. The Kier molecular flexibility index (Phi) is 8.17. The van der Waals surface area contributed by atoms with Crippen molar-refractivity contribution in [3.8, 4) is 0 Å². The van der Waals surface area contributed by atoms with E-state index in [2.05, 4.69) is 39.6 Å². The number of hydrogen-bond donors (Lipinski definition) is 2. The van der Waals surface area contributed by atoms with Crippen LogP contribution in [0, 0.1) is 29.6 Å². The molecule has 2 amide bonds. The first kappa shape index (κ1) is 23.5. The Morgan fingerprint density at radius 3 is 2.50 bits per heavy atom. The number of carbonyl (C=O) groups excluding carboxylic acids is 2. The quantitative estimate of drug-likeness (QED) is 0.131. The highest BCUT2D eigenvalue weighted by molar-refractivity contribution is 14.0. The van der Waals surface area contributed by atoms with Crippen LogP contribution >= 0.6 is 24.0 Å². The molecule has 0 aromatic heterocycles. The summed E-state index contributed by atoms with van der Waals surface area (Å²) in [7, 11) is 1.78. The topological polar surface area (TPSA) is 77.0 Å². The second-order valence-corrected chi connectivity index (χ2v) is 8.96. The summed E-state index contributed by atoms with van der Waals surface area (Å²) in [6.45, 7) is 7.84. The van der Waals surface area contributed by atoms with E-state index in [1.807, 2.05) is 0 Å². The van der Waals surface area contributed by atoms with E-state index in [1.165, 1.54) is 24.3 Å². The van der Waals surface area contributed by atoms with E-state index in [0.29, 0.717) is 19.0 Å². The minimum atomic E-state index is -0.0851. The van der Waals surface area contributed by atoms with Crippen LogP contribution in [-0.4, -0.2) is 73.9 Å². The lowest BCUT2D eigenvalue weighted by atomic mass is 9.85. The number of rotatable bonds is 7. The lowest BCUT2D eigenvalue weighted by Crippen LogP contribution is -2.45. The zero-order chi connectivity index (χ0) is 20.4. The molecule has 7 nitrogen and oxygen atoms in total. The van der Waals surface area contributed by atoms with Crippen LogP contribution in [0.25, 0.3) is 0 Å². The van der Waals surface area contributed by atoms with Crippen molar-refractivity contribution in [3.63, 3.8) is 0 Å². The third-order valence-corrected chi connectivity index (χ3v) is 7.24. The fraction of sp³-hybridized carbons (Fsp3) is 0.773. The standard InChI is InChI=1S/C22H35N5O2.HI/c1-3-26-10-4-6-15(14-26)13-25-22(23-2)24-9-5-11-27-20(28)18-16-7-8-17(12-16)19(18)21(27)29;/h7-8,15-19H,3-6,9-14H2,1-2H3,(H2,23,24,25);1H. The van der Waals surface area contributed by atoms with Gasteiger partial charge in [-0.15, -0.1) is 24.0 Å². The Bertz CT molecular complexity index is 667. The van der Waals surface area contributed by atoms with Gasteiger partial charge in [-0.3, -0.25) is 19.5 Å². The molecular formula is C22H36IN5O2. The highest BCUT2D eigenvalue weighted by Gasteiger charge is 2.58. The average molecular weight is 529 g/mol. The van der Waals surface area contributed by atoms with Gasteiger partial charge in [0, 0.05) is 33.2 Å². The van der Waals surface area contributed by atoms with Gasteiger partial charge in [0.1, 0.15) is 0 Å². The molecule has 2 heterocycles. The number of halogens is 1. The van der Waals surface area contributed by atoms with Crippen LogP contribution in [-0.2, 0) is 9.59 Å². The zero-order valence-corrected chi connectivity index (χ0v) is 20.5. The van der Waals surface area contributed by atoms with Crippen molar-refractivity contribution in [2.24, 2.45) is 34.6 Å². The molecule has 2 aliphatic heterocycles. The number of piperidine rings is 1. The van der Waals surface area contributed by atoms with Crippen molar-refractivity contribution >= 4 is 41.8 Å². The molecule has 0 radical (unpaired) electrons. The largest absolute Gasteiger partial charge is 0.356 e. The lowest BCUT2D eigenvalue weighted by molar-refractivity contribution is -0.140. The Hall–Kier alpha value is -1.16. The second-order valence-electron chi connectivity index (χ2n) is 8.96. The van der Waals surface area contributed by atoms with E-state index in [-0.39, 0.29) is 59.5 Å². The summed E-state index contributed by atoms with van der Waals surface area (Å²) in [6.07, 6.45) is 8.55. The number of amides is 2. The van der Waals surface area contributed by atoms with Crippen LogP contribution in [0.4, 0.5) is 0 Å².